The molecular formula is C45H53N9O5. The predicted molar refractivity (Wildman–Crippen MR) is 226 cm³/mol. The van der Waals surface area contributed by atoms with Gasteiger partial charge in [0.25, 0.3) is 0 Å². The molecule has 0 spiro atoms. The van der Waals surface area contributed by atoms with Crippen molar-refractivity contribution in [3.05, 3.63) is 84.4 Å². The number of nitrogens with one attached hydrogen (secondary N) is 2. The molecule has 14 nitrogen and oxygen atoms in total. The topological polar surface area (TPSA) is 169 Å². The summed E-state index contributed by atoms with van der Waals surface area (Å²) in [6.07, 6.45) is 6.69. The minimum Gasteiger partial charge on any atom is -0.507 e. The Hall–Kier alpha value is -5.89. The van der Waals surface area contributed by atoms with Gasteiger partial charge in [-0.3, -0.25) is 24.6 Å². The van der Waals surface area contributed by atoms with Crippen molar-refractivity contribution in [1.29, 1.82) is 0 Å². The average molecular weight is 800 g/mol. The Morgan fingerprint density at radius 2 is 1.59 bits per heavy atom. The second-order valence-corrected chi connectivity index (χ2v) is 16.7. The van der Waals surface area contributed by atoms with Crippen LogP contribution < -0.4 is 30.9 Å². The van der Waals surface area contributed by atoms with E-state index in [1.165, 1.54) is 11.3 Å². The number of para-hydroxylation sites is 1. The van der Waals surface area contributed by atoms with Crippen LogP contribution in [0, 0.1) is 0 Å². The van der Waals surface area contributed by atoms with Gasteiger partial charge in [0.1, 0.15) is 23.6 Å². The van der Waals surface area contributed by atoms with Crippen LogP contribution in [-0.4, -0.2) is 113 Å². The van der Waals surface area contributed by atoms with Crippen molar-refractivity contribution >= 4 is 40.6 Å². The molecule has 6 heterocycles. The minimum absolute atomic E-state index is 0.0598. The number of nitrogens with zero attached hydrogens (tertiary/aromatic N) is 6. The first kappa shape index (κ1) is 38.6. The fourth-order valence-corrected chi connectivity index (χ4v) is 9.72. The van der Waals surface area contributed by atoms with E-state index in [2.05, 4.69) is 65.9 Å². The van der Waals surface area contributed by atoms with Crippen molar-refractivity contribution in [3.8, 4) is 22.8 Å². The van der Waals surface area contributed by atoms with Crippen molar-refractivity contribution in [1.82, 2.24) is 25.3 Å². The molecular weight excluding hydrogens is 747 g/mol. The number of carbonyl (C=O) groups is 3. The Bertz CT molecular complexity index is 2160. The highest BCUT2D eigenvalue weighted by Gasteiger charge is 2.41. The fourth-order valence-electron chi connectivity index (χ4n) is 9.72. The number of hydrogen-bond donors (Lipinski definition) is 4. The maximum Gasteiger partial charge on any atom is 0.249 e. The van der Waals surface area contributed by atoms with Gasteiger partial charge in [0.2, 0.25) is 17.7 Å². The van der Waals surface area contributed by atoms with Crippen LogP contribution >= 0.6 is 0 Å². The number of piperidine rings is 3. The number of likely N-dealkylation sites (tertiary alicyclic amines) is 2. The van der Waals surface area contributed by atoms with Crippen LogP contribution in [0.1, 0.15) is 62.8 Å². The number of piperazine rings is 1. The lowest BCUT2D eigenvalue weighted by Gasteiger charge is -2.43. The lowest BCUT2D eigenvalue weighted by atomic mass is 9.89. The fraction of sp³-hybridized carbons (Fsp3) is 0.444. The number of nitrogen functional groups attached to an aromatic ring is 1. The lowest BCUT2D eigenvalue weighted by Crippen LogP contribution is -2.54. The van der Waals surface area contributed by atoms with Crippen molar-refractivity contribution in [2.24, 2.45) is 0 Å². The molecule has 0 saturated carbocycles. The van der Waals surface area contributed by atoms with Gasteiger partial charge in [-0.25, -0.2) is 0 Å². The number of aromatic hydroxyl groups is 1. The summed E-state index contributed by atoms with van der Waals surface area (Å²) in [5.41, 5.74) is 11.8. The van der Waals surface area contributed by atoms with Crippen molar-refractivity contribution < 1.29 is 24.2 Å². The zero-order valence-electron chi connectivity index (χ0n) is 33.3. The van der Waals surface area contributed by atoms with Gasteiger partial charge >= 0.3 is 0 Å². The number of amides is 3. The highest BCUT2D eigenvalue weighted by Crippen LogP contribution is 2.40. The Morgan fingerprint density at radius 1 is 0.847 bits per heavy atom. The number of rotatable bonds is 10. The number of hydrogen-bond acceptors (Lipinski definition) is 12. The first-order chi connectivity index (χ1) is 28.7. The van der Waals surface area contributed by atoms with E-state index in [9.17, 15) is 19.5 Å². The summed E-state index contributed by atoms with van der Waals surface area (Å²) in [5, 5.41) is 24.6. The van der Waals surface area contributed by atoms with Gasteiger partial charge in [0.05, 0.1) is 17.9 Å². The lowest BCUT2D eigenvalue weighted by molar-refractivity contribution is -0.135. The summed E-state index contributed by atoms with van der Waals surface area (Å²) in [5.74, 6) is 1.57. The molecule has 0 aliphatic carbocycles. The zero-order chi connectivity index (χ0) is 40.5. The highest BCUT2D eigenvalue weighted by molar-refractivity contribution is 6.01. The van der Waals surface area contributed by atoms with Gasteiger partial charge in [0, 0.05) is 80.5 Å². The third-order valence-electron chi connectivity index (χ3n) is 12.9. The van der Waals surface area contributed by atoms with E-state index >= 15 is 0 Å². The molecule has 1 aromatic heterocycles. The third-order valence-corrected chi connectivity index (χ3v) is 12.9. The number of fused-ring (bicyclic) bond motifs is 2. The maximum absolute atomic E-state index is 13.4. The van der Waals surface area contributed by atoms with Crippen molar-refractivity contribution in [2.45, 2.75) is 81.5 Å². The van der Waals surface area contributed by atoms with E-state index in [0.29, 0.717) is 67.6 Å². The van der Waals surface area contributed by atoms with Crippen LogP contribution in [0.25, 0.3) is 11.3 Å². The van der Waals surface area contributed by atoms with Gasteiger partial charge in [0.15, 0.2) is 5.82 Å². The van der Waals surface area contributed by atoms with Crippen LogP contribution in [0.5, 0.6) is 11.5 Å². The quantitative estimate of drug-likeness (QED) is 0.163. The molecule has 5 aliphatic heterocycles. The standard InChI is InChI=1S/C45H53N9O5/c46-44-40(25-39(49-50-44)37-6-1-2-7-41(37)55)53-26-33-12-13-34(27-53)54(33)32-4-3-5-36(24-32)59-35-18-22-52(23-19-35)43(57)28-51-20-16-30(17-21-51)29-8-10-31(11-9-29)47-38-14-15-42(56)48-45(38)58/h1-11,24-25,30,33-35,38,47,55H,12-23,26-28H2,(H2,46,50)(H,48,56,58). The number of phenolic OH excluding ortho intramolecular Hbond substituents is 1. The molecule has 9 rings (SSSR count). The van der Waals surface area contributed by atoms with Crippen molar-refractivity contribution in [2.75, 3.05) is 66.7 Å². The van der Waals surface area contributed by atoms with Gasteiger partial charge in [-0.1, -0.05) is 30.3 Å². The number of carbonyl (C=O) groups excluding carboxylic acids is 3. The molecule has 5 saturated heterocycles. The van der Waals surface area contributed by atoms with E-state index in [0.717, 1.165) is 81.8 Å². The van der Waals surface area contributed by atoms with E-state index in [1.54, 1.807) is 12.1 Å². The first-order valence-electron chi connectivity index (χ1n) is 21.2. The molecule has 59 heavy (non-hydrogen) atoms. The van der Waals surface area contributed by atoms with E-state index in [1.807, 2.05) is 41.3 Å². The molecule has 5 fully saturated rings. The monoisotopic (exact) mass is 799 g/mol. The van der Waals surface area contributed by atoms with Crippen LogP contribution in [0.2, 0.25) is 0 Å². The number of aromatic nitrogens is 2. The summed E-state index contributed by atoms with van der Waals surface area (Å²) < 4.78 is 6.56. The third kappa shape index (κ3) is 8.49. The zero-order valence-corrected chi connectivity index (χ0v) is 33.3. The molecule has 3 atom stereocenters. The number of phenols is 1. The second-order valence-electron chi connectivity index (χ2n) is 16.7. The summed E-state index contributed by atoms with van der Waals surface area (Å²) in [6.45, 7) is 5.23. The first-order valence-corrected chi connectivity index (χ1v) is 21.2. The summed E-state index contributed by atoms with van der Waals surface area (Å²) in [7, 11) is 0. The summed E-state index contributed by atoms with van der Waals surface area (Å²) >= 11 is 0. The van der Waals surface area contributed by atoms with Crippen LogP contribution in [0.15, 0.2) is 78.9 Å². The molecule has 5 aliphatic rings. The molecule has 3 aromatic carbocycles. The Morgan fingerprint density at radius 3 is 2.32 bits per heavy atom. The van der Waals surface area contributed by atoms with Crippen LogP contribution in [0.4, 0.5) is 22.9 Å². The number of anilines is 4. The van der Waals surface area contributed by atoms with Crippen LogP contribution in [-0.2, 0) is 14.4 Å². The molecule has 3 amide bonds. The SMILES string of the molecule is Nc1nnc(-c2ccccc2O)cc1N1CC2CCC(C1)N2c1cccc(OC2CCN(C(=O)CN3CCC(c4ccc(NC5CCC(=O)NC5=O)cc4)CC3)CC2)c1. The molecule has 4 aromatic rings. The van der Waals surface area contributed by atoms with Gasteiger partial charge < -0.3 is 35.6 Å². The smallest absolute Gasteiger partial charge is 0.249 e. The molecule has 5 N–H and O–H groups in total. The van der Waals surface area contributed by atoms with Gasteiger partial charge in [-0.2, -0.15) is 0 Å². The average Bonchev–Trinajstić information content (AvgIpc) is 3.52. The Labute approximate surface area is 344 Å². The van der Waals surface area contributed by atoms with Gasteiger partial charge in [-0.15, -0.1) is 10.2 Å². The highest BCUT2D eigenvalue weighted by atomic mass is 16.5. The van der Waals surface area contributed by atoms with E-state index < -0.39 is 6.04 Å². The largest absolute Gasteiger partial charge is 0.507 e. The second kappa shape index (κ2) is 16.8. The predicted octanol–water partition coefficient (Wildman–Crippen LogP) is 4.76. The normalized spacial score (nSPS) is 23.0. The number of nitrogens with two attached hydrogens (primary N) is 1. The molecule has 14 heteroatoms. The number of benzene rings is 3. The number of ether oxygens (including phenoxy) is 1. The van der Waals surface area contributed by atoms with Crippen LogP contribution in [0.3, 0.4) is 0 Å². The van der Waals surface area contributed by atoms with E-state index in [-0.39, 0.29) is 29.6 Å². The molecule has 308 valence electrons. The Kier molecular flexibility index (Phi) is 11.0. The summed E-state index contributed by atoms with van der Waals surface area (Å²) in [6, 6.07) is 26.1. The maximum atomic E-state index is 13.4. The molecule has 0 radical (unpaired) electrons. The molecule has 3 unspecified atom stereocenters. The van der Waals surface area contributed by atoms with E-state index in [4.69, 9.17) is 10.5 Å². The Balaban J connectivity index is 0.729. The van der Waals surface area contributed by atoms with Gasteiger partial charge in [-0.05, 0) is 99.1 Å². The molecule has 2 bridgehead atoms. The summed E-state index contributed by atoms with van der Waals surface area (Å²) in [4.78, 5) is 46.1. The van der Waals surface area contributed by atoms with Crippen molar-refractivity contribution in [3.63, 3.8) is 0 Å². The minimum atomic E-state index is -0.392. The number of imide groups is 1.